The predicted molar refractivity (Wildman–Crippen MR) is 74.2 cm³/mol. The molecule has 0 bridgehead atoms. The highest BCUT2D eigenvalue weighted by Crippen LogP contribution is 2.30. The Kier molecular flexibility index (Phi) is 2.37. The summed E-state index contributed by atoms with van der Waals surface area (Å²) in [5.41, 5.74) is 3.50. The molecule has 2 aromatic rings. The van der Waals surface area contributed by atoms with Crippen LogP contribution in [0.15, 0.2) is 65.8 Å². The lowest BCUT2D eigenvalue weighted by Gasteiger charge is -2.10. The van der Waals surface area contributed by atoms with Gasteiger partial charge >= 0.3 is 0 Å². The Balaban J connectivity index is 2.14. The molecule has 1 aliphatic rings. The third-order valence-corrected chi connectivity index (χ3v) is 3.15. The summed E-state index contributed by atoms with van der Waals surface area (Å²) in [6.07, 6.45) is 4.72. The van der Waals surface area contributed by atoms with Crippen LogP contribution in [0.5, 0.6) is 0 Å². The number of allylic oxidation sites excluding steroid dienone is 2. The molecule has 1 heteroatoms. The first-order chi connectivity index (χ1) is 8.36. The minimum atomic E-state index is 0.891. The number of benzene rings is 2. The number of rotatable bonds is 2. The number of nitrogens with zero attached hydrogens (tertiary/aromatic N) is 1. The molecule has 0 unspecified atom stereocenters. The smallest absolute Gasteiger partial charge is 0.0305 e. The van der Waals surface area contributed by atoms with Crippen LogP contribution >= 0.6 is 0 Å². The van der Waals surface area contributed by atoms with E-state index >= 15 is 0 Å². The van der Waals surface area contributed by atoms with E-state index in [1.54, 1.807) is 0 Å². The van der Waals surface area contributed by atoms with Gasteiger partial charge in [-0.1, -0.05) is 49.0 Å². The monoisotopic (exact) mass is 219 g/mol. The van der Waals surface area contributed by atoms with Gasteiger partial charge < -0.3 is 0 Å². The fourth-order valence-electron chi connectivity index (χ4n) is 2.21. The largest absolute Gasteiger partial charge is 0.268 e. The maximum Gasteiger partial charge on any atom is 0.0305 e. The predicted octanol–water partition coefficient (Wildman–Crippen LogP) is 4.21. The van der Waals surface area contributed by atoms with Crippen molar-refractivity contribution < 1.29 is 0 Å². The molecule has 17 heavy (non-hydrogen) atoms. The Morgan fingerprint density at radius 1 is 1.06 bits per heavy atom. The van der Waals surface area contributed by atoms with E-state index in [0.29, 0.717) is 0 Å². The maximum absolute atomic E-state index is 4.21. The summed E-state index contributed by atoms with van der Waals surface area (Å²) in [6.45, 7) is 4.21. The highest BCUT2D eigenvalue weighted by molar-refractivity contribution is 5.98. The molecule has 2 aromatic carbocycles. The topological polar surface area (TPSA) is 12.4 Å². The summed E-state index contributed by atoms with van der Waals surface area (Å²) in [5.74, 6) is 0. The van der Waals surface area contributed by atoms with Crippen molar-refractivity contribution in [2.45, 2.75) is 6.42 Å². The van der Waals surface area contributed by atoms with E-state index in [-0.39, 0.29) is 0 Å². The van der Waals surface area contributed by atoms with Gasteiger partial charge in [0.05, 0.1) is 0 Å². The van der Waals surface area contributed by atoms with Crippen molar-refractivity contribution in [1.29, 1.82) is 0 Å². The lowest BCUT2D eigenvalue weighted by atomic mass is 9.94. The van der Waals surface area contributed by atoms with Gasteiger partial charge in [-0.3, -0.25) is 4.99 Å². The molecule has 0 N–H and O–H groups in total. The van der Waals surface area contributed by atoms with Crippen LogP contribution in [0.25, 0.3) is 16.3 Å². The van der Waals surface area contributed by atoms with Crippen molar-refractivity contribution in [3.63, 3.8) is 0 Å². The number of hydrogen-bond donors (Lipinski definition) is 0. The van der Waals surface area contributed by atoms with Gasteiger partial charge in [0.2, 0.25) is 0 Å². The zero-order valence-electron chi connectivity index (χ0n) is 9.56. The number of aliphatic imine (C=N–C) groups is 1. The summed E-state index contributed by atoms with van der Waals surface area (Å²) in [6, 6.07) is 14.7. The molecule has 82 valence electrons. The van der Waals surface area contributed by atoms with Crippen LogP contribution in [0.4, 0.5) is 0 Å². The molecule has 1 nitrogen and oxygen atoms in total. The molecule has 0 saturated heterocycles. The first-order valence-corrected chi connectivity index (χ1v) is 5.74. The molecule has 0 aromatic heterocycles. The first kappa shape index (κ1) is 10.0. The van der Waals surface area contributed by atoms with Gasteiger partial charge in [0.15, 0.2) is 0 Å². The summed E-state index contributed by atoms with van der Waals surface area (Å²) < 4.78 is 0. The van der Waals surface area contributed by atoms with E-state index in [4.69, 9.17) is 0 Å². The maximum atomic E-state index is 4.21. The normalized spacial score (nSPS) is 14.0. The van der Waals surface area contributed by atoms with Crippen LogP contribution < -0.4 is 0 Å². The van der Waals surface area contributed by atoms with Crippen molar-refractivity contribution in [2.75, 3.05) is 0 Å². The van der Waals surface area contributed by atoms with Gasteiger partial charge in [-0.15, -0.1) is 0 Å². The molecular weight excluding hydrogens is 206 g/mol. The van der Waals surface area contributed by atoms with Crippen molar-refractivity contribution >= 4 is 22.6 Å². The summed E-state index contributed by atoms with van der Waals surface area (Å²) in [5, 5.41) is 2.51. The molecule has 0 spiro atoms. The molecular formula is C16H13N. The zero-order chi connectivity index (χ0) is 11.7. The number of fused-ring (bicyclic) bond motifs is 1. The molecule has 0 atom stereocenters. The minimum absolute atomic E-state index is 0.891. The molecule has 1 aliphatic heterocycles. The summed E-state index contributed by atoms with van der Waals surface area (Å²) in [4.78, 5) is 4.14. The zero-order valence-corrected chi connectivity index (χ0v) is 9.56. The van der Waals surface area contributed by atoms with Crippen LogP contribution in [-0.4, -0.2) is 6.21 Å². The van der Waals surface area contributed by atoms with Gasteiger partial charge in [0.25, 0.3) is 0 Å². The minimum Gasteiger partial charge on any atom is -0.268 e. The quantitative estimate of drug-likeness (QED) is 0.717. The average Bonchev–Trinajstić information content (AvgIpc) is 2.91. The van der Waals surface area contributed by atoms with Crippen molar-refractivity contribution in [1.82, 2.24) is 0 Å². The van der Waals surface area contributed by atoms with E-state index < -0.39 is 0 Å². The van der Waals surface area contributed by atoms with Gasteiger partial charge in [-0.2, -0.15) is 0 Å². The Hall–Kier alpha value is -2.15. The Morgan fingerprint density at radius 3 is 2.71 bits per heavy atom. The van der Waals surface area contributed by atoms with Crippen LogP contribution in [0, 0.1) is 0 Å². The molecule has 0 fully saturated rings. The van der Waals surface area contributed by atoms with Crippen LogP contribution in [0.3, 0.4) is 0 Å². The van der Waals surface area contributed by atoms with Gasteiger partial charge in [-0.25, -0.2) is 0 Å². The SMILES string of the molecule is C=C(C1=CN=CC1)c1cccc2ccccc12. The van der Waals surface area contributed by atoms with E-state index in [2.05, 4.69) is 54.0 Å². The van der Waals surface area contributed by atoms with Crippen LogP contribution in [0.2, 0.25) is 0 Å². The second kappa shape index (κ2) is 4.02. The van der Waals surface area contributed by atoms with E-state index in [9.17, 15) is 0 Å². The summed E-state index contributed by atoms with van der Waals surface area (Å²) in [7, 11) is 0. The third-order valence-electron chi connectivity index (χ3n) is 3.15. The van der Waals surface area contributed by atoms with Crippen molar-refractivity contribution in [3.05, 3.63) is 66.4 Å². The van der Waals surface area contributed by atoms with Gasteiger partial charge in [-0.05, 0) is 27.5 Å². The van der Waals surface area contributed by atoms with Gasteiger partial charge in [0, 0.05) is 18.8 Å². The Labute approximate surface area is 101 Å². The summed E-state index contributed by atoms with van der Waals surface area (Å²) >= 11 is 0. The van der Waals surface area contributed by atoms with Crippen LogP contribution in [-0.2, 0) is 0 Å². The number of hydrogen-bond acceptors (Lipinski definition) is 1. The lowest BCUT2D eigenvalue weighted by molar-refractivity contribution is 1.44. The van der Waals surface area contributed by atoms with Crippen molar-refractivity contribution in [2.24, 2.45) is 4.99 Å². The molecule has 0 radical (unpaired) electrons. The van der Waals surface area contributed by atoms with E-state index in [1.807, 2.05) is 12.4 Å². The average molecular weight is 219 g/mol. The molecule has 0 saturated carbocycles. The molecule has 1 heterocycles. The van der Waals surface area contributed by atoms with Crippen LogP contribution in [0.1, 0.15) is 12.0 Å². The highest BCUT2D eigenvalue weighted by Gasteiger charge is 2.10. The lowest BCUT2D eigenvalue weighted by Crippen LogP contribution is -1.89. The first-order valence-electron chi connectivity index (χ1n) is 5.74. The highest BCUT2D eigenvalue weighted by atomic mass is 14.7. The molecule has 0 amide bonds. The second-order valence-corrected chi connectivity index (χ2v) is 4.20. The van der Waals surface area contributed by atoms with Gasteiger partial charge in [0.1, 0.15) is 0 Å². The second-order valence-electron chi connectivity index (χ2n) is 4.20. The Morgan fingerprint density at radius 2 is 1.88 bits per heavy atom. The molecule has 0 aliphatic carbocycles. The van der Waals surface area contributed by atoms with Crippen molar-refractivity contribution in [3.8, 4) is 0 Å². The van der Waals surface area contributed by atoms with E-state index in [1.165, 1.54) is 21.9 Å². The molecule has 3 rings (SSSR count). The standard InChI is InChI=1S/C16H13N/c1-12(14-9-10-17-11-14)15-8-4-6-13-5-2-3-7-16(13)15/h2-8,10-11H,1,9H2. The van der Waals surface area contributed by atoms with E-state index in [0.717, 1.165) is 12.0 Å². The Bertz CT molecular complexity index is 642. The third kappa shape index (κ3) is 1.70. The fraction of sp³-hybridized carbons (Fsp3) is 0.0625. The fourth-order valence-corrected chi connectivity index (χ4v) is 2.21.